The Kier molecular flexibility index (Phi) is 4.75. The zero-order chi connectivity index (χ0) is 25.2. The van der Waals surface area contributed by atoms with Crippen LogP contribution in [-0.4, -0.2) is 47.7 Å². The molecule has 3 heterocycles. The van der Waals surface area contributed by atoms with Crippen molar-refractivity contribution in [2.75, 3.05) is 21.0 Å². The third-order valence-corrected chi connectivity index (χ3v) is 6.17. The van der Waals surface area contributed by atoms with Crippen molar-refractivity contribution in [2.45, 2.75) is 12.2 Å². The molecule has 1 aliphatic heterocycles. The third-order valence-electron chi connectivity index (χ3n) is 6.17. The van der Waals surface area contributed by atoms with Crippen LogP contribution in [0.4, 0.5) is 13.2 Å². The van der Waals surface area contributed by atoms with Gasteiger partial charge in [-0.25, -0.2) is 9.50 Å². The topological polar surface area (TPSA) is 96.2 Å². The van der Waals surface area contributed by atoms with E-state index in [2.05, 4.69) is 10.4 Å². The second kappa shape index (κ2) is 7.77. The van der Waals surface area contributed by atoms with Gasteiger partial charge in [-0.1, -0.05) is 6.07 Å². The molecular weight excluding hydrogens is 481 g/mol. The second-order valence-corrected chi connectivity index (χ2v) is 8.14. The molecule has 1 atom stereocenters. The van der Waals surface area contributed by atoms with E-state index >= 15 is 0 Å². The number of hydrogen-bond acceptors (Lipinski definition) is 7. The molecule has 184 valence electrons. The predicted molar refractivity (Wildman–Crippen MR) is 119 cm³/mol. The molecule has 0 saturated heterocycles. The number of alkyl halides is 3. The largest absolute Gasteiger partial charge is 0.493 e. The van der Waals surface area contributed by atoms with Crippen molar-refractivity contribution in [2.24, 2.45) is 0 Å². The van der Waals surface area contributed by atoms with Crippen LogP contribution < -0.4 is 24.3 Å². The van der Waals surface area contributed by atoms with Gasteiger partial charge in [0.25, 0.3) is 0 Å². The van der Waals surface area contributed by atoms with E-state index in [1.807, 2.05) is 6.07 Å². The lowest BCUT2D eigenvalue weighted by Crippen LogP contribution is -2.39. The number of benzene rings is 2. The van der Waals surface area contributed by atoms with Crippen LogP contribution >= 0.6 is 0 Å². The van der Waals surface area contributed by atoms with E-state index in [0.717, 1.165) is 5.56 Å². The Balaban J connectivity index is 1.52. The lowest BCUT2D eigenvalue weighted by molar-refractivity contribution is -0.174. The molecule has 0 saturated carbocycles. The molecule has 0 radical (unpaired) electrons. The van der Waals surface area contributed by atoms with Crippen LogP contribution in [0.25, 0.3) is 28.0 Å². The zero-order valence-electron chi connectivity index (χ0n) is 18.8. The third kappa shape index (κ3) is 3.28. The van der Waals surface area contributed by atoms with Gasteiger partial charge in [-0.2, -0.15) is 18.3 Å². The highest BCUT2D eigenvalue weighted by Crippen LogP contribution is 2.49. The molecule has 36 heavy (non-hydrogen) atoms. The number of aromatic nitrogens is 3. The first kappa shape index (κ1) is 22.0. The maximum atomic E-state index is 13.1. The molecule has 0 spiro atoms. The Labute approximate surface area is 201 Å². The number of nitrogens with one attached hydrogen (secondary N) is 1. The lowest BCUT2D eigenvalue weighted by Gasteiger charge is -2.17. The number of amides is 1. The van der Waals surface area contributed by atoms with Gasteiger partial charge in [0, 0.05) is 22.9 Å². The fourth-order valence-electron chi connectivity index (χ4n) is 4.50. The fourth-order valence-corrected chi connectivity index (χ4v) is 4.50. The predicted octanol–water partition coefficient (Wildman–Crippen LogP) is 3.89. The van der Waals surface area contributed by atoms with Gasteiger partial charge in [0.15, 0.2) is 28.6 Å². The number of ether oxygens (including phenoxy) is 4. The Morgan fingerprint density at radius 1 is 1.06 bits per heavy atom. The van der Waals surface area contributed by atoms with Crippen LogP contribution in [0.1, 0.15) is 17.2 Å². The highest BCUT2D eigenvalue weighted by Gasteiger charge is 2.43. The van der Waals surface area contributed by atoms with Crippen LogP contribution in [0.2, 0.25) is 0 Å². The molecule has 6 rings (SSSR count). The van der Waals surface area contributed by atoms with E-state index in [1.165, 1.54) is 18.7 Å². The van der Waals surface area contributed by atoms with E-state index in [-0.39, 0.29) is 6.79 Å². The van der Waals surface area contributed by atoms with Crippen LogP contribution in [0.3, 0.4) is 0 Å². The van der Waals surface area contributed by atoms with Crippen molar-refractivity contribution in [3.63, 3.8) is 0 Å². The van der Waals surface area contributed by atoms with Crippen LogP contribution in [-0.2, 0) is 4.79 Å². The first-order valence-corrected chi connectivity index (χ1v) is 10.7. The molecule has 0 fully saturated rings. The molecule has 12 heteroatoms. The maximum absolute atomic E-state index is 13.1. The zero-order valence-corrected chi connectivity index (χ0v) is 18.8. The number of hydrogen-bond donors (Lipinski definition) is 1. The highest BCUT2D eigenvalue weighted by atomic mass is 19.4. The minimum absolute atomic E-state index is 0.0107. The summed E-state index contributed by atoms with van der Waals surface area (Å²) in [5.41, 5.74) is 3.60. The number of fused-ring (bicyclic) bond motifs is 5. The summed E-state index contributed by atoms with van der Waals surface area (Å²) in [5, 5.41) is 6.44. The van der Waals surface area contributed by atoms with Crippen LogP contribution in [0, 0.1) is 0 Å². The van der Waals surface area contributed by atoms with E-state index in [4.69, 9.17) is 23.9 Å². The summed E-state index contributed by atoms with van der Waals surface area (Å²) < 4.78 is 62.4. The number of methoxy groups -OCH3 is 2. The Morgan fingerprint density at radius 2 is 1.81 bits per heavy atom. The molecule has 1 N–H and O–H groups in total. The first-order chi connectivity index (χ1) is 17.3. The monoisotopic (exact) mass is 498 g/mol. The summed E-state index contributed by atoms with van der Waals surface area (Å²) in [7, 11) is 3.06. The molecular formula is C24H17F3N4O5. The van der Waals surface area contributed by atoms with Crippen molar-refractivity contribution in [1.29, 1.82) is 0 Å². The Morgan fingerprint density at radius 3 is 2.53 bits per heavy atom. The smallest absolute Gasteiger partial charge is 0.471 e. The van der Waals surface area contributed by atoms with Gasteiger partial charge in [0.2, 0.25) is 6.79 Å². The van der Waals surface area contributed by atoms with Gasteiger partial charge < -0.3 is 24.3 Å². The molecule has 0 bridgehead atoms. The first-order valence-electron chi connectivity index (χ1n) is 10.7. The van der Waals surface area contributed by atoms with Crippen LogP contribution in [0.5, 0.6) is 23.0 Å². The summed E-state index contributed by atoms with van der Waals surface area (Å²) in [6, 6.07) is 7.48. The van der Waals surface area contributed by atoms with Gasteiger partial charge in [0.1, 0.15) is 0 Å². The Hall–Kier alpha value is -4.48. The van der Waals surface area contributed by atoms with Gasteiger partial charge in [-0.3, -0.25) is 4.79 Å². The molecule has 0 unspecified atom stereocenters. The Bertz CT molecular complexity index is 1550. The van der Waals surface area contributed by atoms with Crippen LogP contribution in [0.15, 0.2) is 42.7 Å². The van der Waals surface area contributed by atoms with Gasteiger partial charge >= 0.3 is 12.1 Å². The van der Waals surface area contributed by atoms with E-state index in [1.54, 1.807) is 36.7 Å². The van der Waals surface area contributed by atoms with Crippen molar-refractivity contribution in [3.05, 3.63) is 53.9 Å². The molecule has 2 aliphatic rings. The van der Waals surface area contributed by atoms with E-state index in [0.29, 0.717) is 56.6 Å². The molecule has 4 aromatic rings. The fraction of sp³-hybridized carbons (Fsp3) is 0.208. The number of nitrogens with zero attached hydrogens (tertiary/aromatic N) is 3. The van der Waals surface area contributed by atoms with E-state index in [9.17, 15) is 18.0 Å². The summed E-state index contributed by atoms with van der Waals surface area (Å²) in [5.74, 6) is -0.166. The van der Waals surface area contributed by atoms with Gasteiger partial charge in [0.05, 0.1) is 32.2 Å². The molecule has 1 aliphatic carbocycles. The highest BCUT2D eigenvalue weighted by molar-refractivity contribution is 5.87. The molecule has 2 aromatic carbocycles. The average molecular weight is 498 g/mol. The lowest BCUT2D eigenvalue weighted by atomic mass is 10.0. The van der Waals surface area contributed by atoms with Crippen molar-refractivity contribution in [3.8, 4) is 45.4 Å². The summed E-state index contributed by atoms with van der Waals surface area (Å²) >= 11 is 0. The molecule has 9 nitrogen and oxygen atoms in total. The molecule has 2 aromatic heterocycles. The SMILES string of the molecule is COc1ccc(-c2cnn3cc4c(nc23)-c2cc3c(cc2[C@@H]4NC(=O)C(F)(F)F)OCO3)cc1OC. The molecule has 1 amide bonds. The minimum Gasteiger partial charge on any atom is -0.493 e. The van der Waals surface area contributed by atoms with Gasteiger partial charge in [-0.15, -0.1) is 0 Å². The normalized spacial score (nSPS) is 15.5. The van der Waals surface area contributed by atoms with Gasteiger partial charge in [-0.05, 0) is 35.4 Å². The van der Waals surface area contributed by atoms with Crippen molar-refractivity contribution >= 4 is 11.6 Å². The number of halogens is 3. The number of carbonyl (C=O) groups is 1. The van der Waals surface area contributed by atoms with Crippen molar-refractivity contribution < 1.29 is 36.9 Å². The second-order valence-electron chi connectivity index (χ2n) is 8.14. The summed E-state index contributed by atoms with van der Waals surface area (Å²) in [4.78, 5) is 16.7. The summed E-state index contributed by atoms with van der Waals surface area (Å²) in [6.07, 6.45) is -1.89. The summed E-state index contributed by atoms with van der Waals surface area (Å²) in [6.45, 7) is -0.0107. The number of rotatable bonds is 4. The van der Waals surface area contributed by atoms with Crippen molar-refractivity contribution in [1.82, 2.24) is 19.9 Å². The standard InChI is InChI=1S/C24H17F3N4O5/c1-33-16-4-3-11(5-17(16)34-2)14-8-28-31-9-15-20(29-22(14)31)12-6-18-19(36-10-35-18)7-13(12)21(15)30-23(32)24(25,26)27/h3-9,21H,10H2,1-2H3,(H,30,32)/t21-/m0/s1. The minimum atomic E-state index is -5.05. The average Bonchev–Trinajstić information content (AvgIpc) is 3.56. The van der Waals surface area contributed by atoms with E-state index < -0.39 is 18.1 Å². The maximum Gasteiger partial charge on any atom is 0.471 e. The number of carbonyl (C=O) groups excluding carboxylic acids is 1. The quantitative estimate of drug-likeness (QED) is 0.456.